The molecule has 14 heavy (non-hydrogen) atoms. The molecular weight excluding hydrogens is 170 g/mol. The third-order valence-electron chi connectivity index (χ3n) is 2.43. The third kappa shape index (κ3) is 2.24. The zero-order valence-corrected chi connectivity index (χ0v) is 9.25. The maximum Gasteiger partial charge on any atom is 0.0272 e. The van der Waals surface area contributed by atoms with Gasteiger partial charge in [-0.2, -0.15) is 0 Å². The first-order valence-electron chi connectivity index (χ1n) is 5.20. The molecule has 0 aliphatic rings. The molecule has 0 aliphatic carbocycles. The highest BCUT2D eigenvalue weighted by atomic mass is 14.6. The van der Waals surface area contributed by atoms with Crippen LogP contribution in [0.25, 0.3) is 6.08 Å². The van der Waals surface area contributed by atoms with Gasteiger partial charge in [0.15, 0.2) is 0 Å². The van der Waals surface area contributed by atoms with E-state index in [2.05, 4.69) is 37.3 Å². The fraction of sp³-hybridized carbons (Fsp3) is 0.385. The zero-order chi connectivity index (χ0) is 10.6. The molecule has 0 aromatic heterocycles. The van der Waals surface area contributed by atoms with Gasteiger partial charge in [-0.05, 0) is 37.0 Å². The molecule has 1 aromatic carbocycles. The van der Waals surface area contributed by atoms with Crippen molar-refractivity contribution in [2.45, 2.75) is 33.2 Å². The molecule has 1 aromatic rings. The van der Waals surface area contributed by atoms with Crippen LogP contribution in [0.2, 0.25) is 0 Å². The van der Waals surface area contributed by atoms with Gasteiger partial charge >= 0.3 is 0 Å². The Kier molecular flexibility index (Phi) is 3.90. The van der Waals surface area contributed by atoms with E-state index in [9.17, 15) is 0 Å². The van der Waals surface area contributed by atoms with Gasteiger partial charge in [0.2, 0.25) is 0 Å². The van der Waals surface area contributed by atoms with Crippen molar-refractivity contribution in [1.29, 1.82) is 0 Å². The number of nitrogens with two attached hydrogens (primary N) is 1. The maximum atomic E-state index is 5.93. The molecule has 0 fully saturated rings. The van der Waals surface area contributed by atoms with Gasteiger partial charge in [0.1, 0.15) is 0 Å². The van der Waals surface area contributed by atoms with Gasteiger partial charge in [0, 0.05) is 6.04 Å². The first kappa shape index (κ1) is 11.0. The molecule has 2 N–H and O–H groups in total. The summed E-state index contributed by atoms with van der Waals surface area (Å²) in [4.78, 5) is 0. The van der Waals surface area contributed by atoms with E-state index in [1.54, 1.807) is 0 Å². The van der Waals surface area contributed by atoms with E-state index in [1.165, 1.54) is 16.7 Å². The van der Waals surface area contributed by atoms with Crippen molar-refractivity contribution in [3.05, 3.63) is 41.0 Å². The fourth-order valence-corrected chi connectivity index (χ4v) is 1.71. The van der Waals surface area contributed by atoms with Crippen LogP contribution in [0.1, 0.15) is 43.5 Å². The molecule has 1 atom stereocenters. The third-order valence-corrected chi connectivity index (χ3v) is 2.43. The molecule has 0 bridgehead atoms. The minimum absolute atomic E-state index is 0.104. The van der Waals surface area contributed by atoms with Crippen molar-refractivity contribution in [2.24, 2.45) is 5.73 Å². The highest BCUT2D eigenvalue weighted by Crippen LogP contribution is 2.22. The van der Waals surface area contributed by atoms with Crippen molar-refractivity contribution in [3.63, 3.8) is 0 Å². The van der Waals surface area contributed by atoms with E-state index in [-0.39, 0.29) is 6.04 Å². The van der Waals surface area contributed by atoms with Crippen molar-refractivity contribution in [3.8, 4) is 0 Å². The number of rotatable bonds is 3. The van der Waals surface area contributed by atoms with Gasteiger partial charge in [-0.1, -0.05) is 37.3 Å². The number of hydrogen-bond acceptors (Lipinski definition) is 1. The van der Waals surface area contributed by atoms with Gasteiger partial charge in [0.25, 0.3) is 0 Å². The van der Waals surface area contributed by atoms with E-state index in [0.29, 0.717) is 0 Å². The Morgan fingerprint density at radius 2 is 2.14 bits per heavy atom. The smallest absolute Gasteiger partial charge is 0.0272 e. The summed E-state index contributed by atoms with van der Waals surface area (Å²) in [6, 6.07) is 6.47. The second-order valence-electron chi connectivity index (χ2n) is 3.56. The second kappa shape index (κ2) is 4.97. The fourth-order valence-electron chi connectivity index (χ4n) is 1.71. The number of hydrogen-bond donors (Lipinski definition) is 1. The summed E-state index contributed by atoms with van der Waals surface area (Å²) in [5.41, 5.74) is 9.84. The van der Waals surface area contributed by atoms with Crippen LogP contribution in [0.4, 0.5) is 0 Å². The Balaban J connectivity index is 3.27. The summed E-state index contributed by atoms with van der Waals surface area (Å²) < 4.78 is 0. The average Bonchev–Trinajstić information content (AvgIpc) is 2.18. The summed E-state index contributed by atoms with van der Waals surface area (Å²) >= 11 is 0. The predicted molar refractivity (Wildman–Crippen MR) is 63.1 cm³/mol. The predicted octanol–water partition coefficient (Wildman–Crippen LogP) is 3.30. The van der Waals surface area contributed by atoms with E-state index < -0.39 is 0 Å². The van der Waals surface area contributed by atoms with Gasteiger partial charge in [-0.3, -0.25) is 0 Å². The molecule has 0 saturated carbocycles. The number of aryl methyl sites for hydroxylation is 1. The van der Waals surface area contributed by atoms with Crippen LogP contribution in [0, 0.1) is 0 Å². The minimum atomic E-state index is 0.104. The molecule has 0 aliphatic heterocycles. The van der Waals surface area contributed by atoms with Gasteiger partial charge < -0.3 is 5.73 Å². The van der Waals surface area contributed by atoms with Gasteiger partial charge in [-0.15, -0.1) is 0 Å². The molecule has 1 nitrogen and oxygen atoms in total. The van der Waals surface area contributed by atoms with Crippen LogP contribution < -0.4 is 5.73 Å². The average molecular weight is 189 g/mol. The lowest BCUT2D eigenvalue weighted by molar-refractivity contribution is 0.812. The summed E-state index contributed by atoms with van der Waals surface area (Å²) in [6.45, 7) is 6.24. The lowest BCUT2D eigenvalue weighted by atomic mass is 9.95. The standard InChI is InChI=1S/C13H19N/c1-4-7-13-11(5-2)8-6-9-12(13)10(3)14/h4,6-10H,5,14H2,1-3H3/b7-4-. The second-order valence-corrected chi connectivity index (χ2v) is 3.56. The summed E-state index contributed by atoms with van der Waals surface area (Å²) in [6.07, 6.45) is 5.28. The van der Waals surface area contributed by atoms with Crippen molar-refractivity contribution in [1.82, 2.24) is 0 Å². The first-order valence-corrected chi connectivity index (χ1v) is 5.20. The van der Waals surface area contributed by atoms with Gasteiger partial charge in [-0.25, -0.2) is 0 Å². The molecule has 0 saturated heterocycles. The first-order chi connectivity index (χ1) is 6.70. The Morgan fingerprint density at radius 3 is 2.64 bits per heavy atom. The highest BCUT2D eigenvalue weighted by Gasteiger charge is 2.07. The number of allylic oxidation sites excluding steroid dienone is 1. The molecule has 1 heteroatoms. The molecule has 0 spiro atoms. The van der Waals surface area contributed by atoms with E-state index in [4.69, 9.17) is 5.73 Å². The number of benzene rings is 1. The SMILES string of the molecule is C/C=C\c1c(CC)cccc1C(C)N. The molecular formula is C13H19N. The molecule has 76 valence electrons. The van der Waals surface area contributed by atoms with E-state index in [0.717, 1.165) is 6.42 Å². The molecule has 0 heterocycles. The van der Waals surface area contributed by atoms with Crippen molar-refractivity contribution >= 4 is 6.08 Å². The Labute approximate surface area is 86.6 Å². The minimum Gasteiger partial charge on any atom is -0.324 e. The van der Waals surface area contributed by atoms with Crippen molar-refractivity contribution in [2.75, 3.05) is 0 Å². The summed E-state index contributed by atoms with van der Waals surface area (Å²) in [5.74, 6) is 0. The highest BCUT2D eigenvalue weighted by molar-refractivity contribution is 5.58. The van der Waals surface area contributed by atoms with Gasteiger partial charge in [0.05, 0.1) is 0 Å². The normalized spacial score (nSPS) is 13.4. The van der Waals surface area contributed by atoms with Crippen LogP contribution in [-0.2, 0) is 6.42 Å². The summed E-state index contributed by atoms with van der Waals surface area (Å²) in [7, 11) is 0. The summed E-state index contributed by atoms with van der Waals surface area (Å²) in [5, 5.41) is 0. The van der Waals surface area contributed by atoms with Crippen LogP contribution >= 0.6 is 0 Å². The zero-order valence-electron chi connectivity index (χ0n) is 9.25. The van der Waals surface area contributed by atoms with Crippen LogP contribution in [0.5, 0.6) is 0 Å². The lowest BCUT2D eigenvalue weighted by Crippen LogP contribution is -2.08. The van der Waals surface area contributed by atoms with Crippen LogP contribution in [-0.4, -0.2) is 0 Å². The van der Waals surface area contributed by atoms with E-state index >= 15 is 0 Å². The molecule has 0 radical (unpaired) electrons. The largest absolute Gasteiger partial charge is 0.324 e. The quantitative estimate of drug-likeness (QED) is 0.775. The monoisotopic (exact) mass is 189 g/mol. The maximum absolute atomic E-state index is 5.93. The Hall–Kier alpha value is -1.08. The molecule has 1 rings (SSSR count). The lowest BCUT2D eigenvalue weighted by Gasteiger charge is -2.13. The molecule has 1 unspecified atom stereocenters. The van der Waals surface area contributed by atoms with Crippen molar-refractivity contribution < 1.29 is 0 Å². The topological polar surface area (TPSA) is 26.0 Å². The van der Waals surface area contributed by atoms with E-state index in [1.807, 2.05) is 13.8 Å². The molecule has 0 amide bonds. The Morgan fingerprint density at radius 1 is 1.43 bits per heavy atom. The van der Waals surface area contributed by atoms with Crippen LogP contribution in [0.15, 0.2) is 24.3 Å². The van der Waals surface area contributed by atoms with Crippen LogP contribution in [0.3, 0.4) is 0 Å². The Bertz CT molecular complexity index is 324.